The quantitative estimate of drug-likeness (QED) is 0.717. The van der Waals surface area contributed by atoms with Gasteiger partial charge in [0.05, 0.1) is 36.1 Å². The van der Waals surface area contributed by atoms with Crippen LogP contribution in [0.3, 0.4) is 0 Å². The van der Waals surface area contributed by atoms with Crippen LogP contribution in [0.5, 0.6) is 0 Å². The second kappa shape index (κ2) is 4.88. The molecule has 6 heteroatoms. The summed E-state index contributed by atoms with van der Waals surface area (Å²) >= 11 is 0. The zero-order valence-corrected chi connectivity index (χ0v) is 13.0. The molecule has 1 aromatic carbocycles. The van der Waals surface area contributed by atoms with Gasteiger partial charge in [-0.25, -0.2) is 15.0 Å². The summed E-state index contributed by atoms with van der Waals surface area (Å²) in [4.78, 5) is 12.7. The summed E-state index contributed by atoms with van der Waals surface area (Å²) in [6, 6.07) is 8.45. The normalized spacial score (nSPS) is 24.3. The summed E-state index contributed by atoms with van der Waals surface area (Å²) in [5.41, 5.74) is 10.9. The lowest BCUT2D eigenvalue weighted by Gasteiger charge is -2.34. The number of benzene rings is 1. The number of hydrogen-bond acceptors (Lipinski definition) is 5. The van der Waals surface area contributed by atoms with E-state index < -0.39 is 6.10 Å². The minimum atomic E-state index is -0.610. The SMILES string of the molecule is Nc1ncc2c(n1)CC[C@@H]([C@H]1c3ccccc3-c3cncn31)[C@@H]2O. The van der Waals surface area contributed by atoms with Gasteiger partial charge in [0.15, 0.2) is 0 Å². The van der Waals surface area contributed by atoms with Gasteiger partial charge in [-0.05, 0) is 18.4 Å². The number of imidazole rings is 1. The lowest BCUT2D eigenvalue weighted by molar-refractivity contribution is 0.0707. The minimum Gasteiger partial charge on any atom is -0.388 e. The van der Waals surface area contributed by atoms with E-state index in [-0.39, 0.29) is 17.9 Å². The minimum absolute atomic E-state index is 0.0568. The Hall–Kier alpha value is -2.73. The number of aryl methyl sites for hydroxylation is 1. The van der Waals surface area contributed by atoms with E-state index in [1.807, 2.05) is 18.6 Å². The molecule has 3 N–H and O–H groups in total. The van der Waals surface area contributed by atoms with Crippen molar-refractivity contribution in [1.82, 2.24) is 19.5 Å². The molecule has 0 unspecified atom stereocenters. The van der Waals surface area contributed by atoms with Gasteiger partial charge in [-0.15, -0.1) is 0 Å². The Kier molecular flexibility index (Phi) is 2.78. The van der Waals surface area contributed by atoms with Gasteiger partial charge in [-0.1, -0.05) is 24.3 Å². The number of aliphatic hydroxyl groups is 1. The van der Waals surface area contributed by atoms with E-state index in [0.717, 1.165) is 29.8 Å². The standard InChI is InChI=1S/C18H17N5O/c19-18-21-7-13-14(22-18)6-5-12(17(13)24)16-11-4-2-1-3-10(11)15-8-20-9-23(15)16/h1-4,7-9,12,16-17,24H,5-6H2,(H2,19,21,22)/t12-,16+,17-/m0/s1. The Labute approximate surface area is 139 Å². The molecule has 0 amide bonds. The van der Waals surface area contributed by atoms with Crippen LogP contribution in [0.4, 0.5) is 5.95 Å². The van der Waals surface area contributed by atoms with E-state index in [2.05, 4.69) is 37.7 Å². The number of nitrogens with two attached hydrogens (primary N) is 1. The molecule has 120 valence electrons. The molecule has 0 spiro atoms. The Balaban J connectivity index is 1.62. The number of nitrogen functional groups attached to an aromatic ring is 1. The molecule has 24 heavy (non-hydrogen) atoms. The highest BCUT2D eigenvalue weighted by Gasteiger charge is 2.40. The Morgan fingerprint density at radius 2 is 2.04 bits per heavy atom. The third-order valence-corrected chi connectivity index (χ3v) is 5.28. The second-order valence-electron chi connectivity index (χ2n) is 6.50. The van der Waals surface area contributed by atoms with Gasteiger partial charge < -0.3 is 15.4 Å². The van der Waals surface area contributed by atoms with Gasteiger partial charge in [-0.3, -0.25) is 0 Å². The van der Waals surface area contributed by atoms with E-state index in [1.54, 1.807) is 6.20 Å². The van der Waals surface area contributed by atoms with E-state index >= 15 is 0 Å². The maximum atomic E-state index is 11.0. The molecule has 3 heterocycles. The highest BCUT2D eigenvalue weighted by molar-refractivity contribution is 5.69. The van der Waals surface area contributed by atoms with Crippen molar-refractivity contribution in [2.24, 2.45) is 5.92 Å². The first-order valence-corrected chi connectivity index (χ1v) is 8.14. The fraction of sp³-hybridized carbons (Fsp3) is 0.278. The molecular weight excluding hydrogens is 302 g/mol. The molecule has 1 aliphatic heterocycles. The van der Waals surface area contributed by atoms with Crippen molar-refractivity contribution in [3.63, 3.8) is 0 Å². The summed E-state index contributed by atoms with van der Waals surface area (Å²) in [5.74, 6) is 0.323. The third-order valence-electron chi connectivity index (χ3n) is 5.28. The largest absolute Gasteiger partial charge is 0.388 e. The number of anilines is 1. The predicted octanol–water partition coefficient (Wildman–Crippen LogP) is 2.12. The van der Waals surface area contributed by atoms with E-state index in [4.69, 9.17) is 5.73 Å². The van der Waals surface area contributed by atoms with Gasteiger partial charge in [0.25, 0.3) is 0 Å². The summed E-state index contributed by atoms with van der Waals surface area (Å²) in [6.45, 7) is 0. The third kappa shape index (κ3) is 1.77. The van der Waals surface area contributed by atoms with Gasteiger partial charge in [-0.2, -0.15) is 0 Å². The van der Waals surface area contributed by atoms with Gasteiger partial charge >= 0.3 is 0 Å². The molecular formula is C18H17N5O. The summed E-state index contributed by atoms with van der Waals surface area (Å²) in [5, 5.41) is 11.0. The number of aromatic nitrogens is 4. The number of rotatable bonds is 1. The smallest absolute Gasteiger partial charge is 0.220 e. The first-order valence-electron chi connectivity index (χ1n) is 8.14. The molecule has 0 radical (unpaired) electrons. The van der Waals surface area contributed by atoms with Gasteiger partial charge in [0, 0.05) is 23.2 Å². The van der Waals surface area contributed by atoms with Crippen molar-refractivity contribution >= 4 is 5.95 Å². The van der Waals surface area contributed by atoms with Crippen LogP contribution in [-0.4, -0.2) is 24.6 Å². The van der Waals surface area contributed by atoms with Crippen LogP contribution in [0.25, 0.3) is 11.3 Å². The number of aliphatic hydroxyl groups excluding tert-OH is 1. The molecule has 6 nitrogen and oxygen atoms in total. The van der Waals surface area contributed by atoms with Crippen LogP contribution in [0.15, 0.2) is 43.0 Å². The Morgan fingerprint density at radius 3 is 2.96 bits per heavy atom. The van der Waals surface area contributed by atoms with E-state index in [0.29, 0.717) is 0 Å². The maximum Gasteiger partial charge on any atom is 0.220 e. The van der Waals surface area contributed by atoms with Crippen LogP contribution >= 0.6 is 0 Å². The molecule has 2 aliphatic rings. The fourth-order valence-corrected chi connectivity index (χ4v) is 4.22. The average Bonchev–Trinajstić information content (AvgIpc) is 3.16. The Bertz CT molecular complexity index is 935. The molecule has 0 saturated carbocycles. The highest BCUT2D eigenvalue weighted by atomic mass is 16.3. The number of hydrogen-bond donors (Lipinski definition) is 2. The van der Waals surface area contributed by atoms with Crippen molar-refractivity contribution in [3.8, 4) is 11.3 Å². The van der Waals surface area contributed by atoms with E-state index in [9.17, 15) is 5.11 Å². The fourth-order valence-electron chi connectivity index (χ4n) is 4.22. The topological polar surface area (TPSA) is 89.9 Å². The van der Waals surface area contributed by atoms with Crippen molar-refractivity contribution in [2.75, 3.05) is 5.73 Å². The van der Waals surface area contributed by atoms with E-state index in [1.165, 1.54) is 11.1 Å². The molecule has 0 saturated heterocycles. The number of nitrogens with zero attached hydrogens (tertiary/aromatic N) is 4. The molecule has 1 aliphatic carbocycles. The first-order chi connectivity index (χ1) is 11.7. The maximum absolute atomic E-state index is 11.0. The molecule has 0 bridgehead atoms. The molecule has 2 aromatic heterocycles. The summed E-state index contributed by atoms with van der Waals surface area (Å²) in [6.07, 6.45) is 6.46. The molecule has 5 rings (SSSR count). The molecule has 3 aromatic rings. The van der Waals surface area contributed by atoms with Crippen LogP contribution in [-0.2, 0) is 6.42 Å². The van der Waals surface area contributed by atoms with Crippen LogP contribution < -0.4 is 5.73 Å². The Morgan fingerprint density at radius 1 is 1.17 bits per heavy atom. The van der Waals surface area contributed by atoms with Crippen LogP contribution in [0.1, 0.15) is 35.4 Å². The number of fused-ring (bicyclic) bond motifs is 4. The highest BCUT2D eigenvalue weighted by Crippen LogP contribution is 2.49. The lowest BCUT2D eigenvalue weighted by atomic mass is 9.78. The van der Waals surface area contributed by atoms with Crippen molar-refractivity contribution < 1.29 is 5.11 Å². The van der Waals surface area contributed by atoms with Crippen molar-refractivity contribution in [3.05, 3.63) is 59.8 Å². The zero-order chi connectivity index (χ0) is 16.3. The molecule has 3 atom stereocenters. The van der Waals surface area contributed by atoms with Gasteiger partial charge in [0.1, 0.15) is 0 Å². The first kappa shape index (κ1) is 13.7. The van der Waals surface area contributed by atoms with Crippen molar-refractivity contribution in [2.45, 2.75) is 25.0 Å². The summed E-state index contributed by atoms with van der Waals surface area (Å²) in [7, 11) is 0. The lowest BCUT2D eigenvalue weighted by Crippen LogP contribution is -2.29. The monoisotopic (exact) mass is 319 g/mol. The predicted molar refractivity (Wildman–Crippen MR) is 89.0 cm³/mol. The van der Waals surface area contributed by atoms with Crippen molar-refractivity contribution in [1.29, 1.82) is 0 Å². The van der Waals surface area contributed by atoms with Crippen LogP contribution in [0, 0.1) is 5.92 Å². The van der Waals surface area contributed by atoms with Gasteiger partial charge in [0.2, 0.25) is 5.95 Å². The second-order valence-corrected chi connectivity index (χ2v) is 6.50. The molecule has 0 fully saturated rings. The zero-order valence-electron chi connectivity index (χ0n) is 13.0. The average molecular weight is 319 g/mol. The summed E-state index contributed by atoms with van der Waals surface area (Å²) < 4.78 is 2.18. The van der Waals surface area contributed by atoms with Crippen LogP contribution in [0.2, 0.25) is 0 Å².